The van der Waals surface area contributed by atoms with Gasteiger partial charge < -0.3 is 10.2 Å². The minimum atomic E-state index is 0.215. The van der Waals surface area contributed by atoms with Gasteiger partial charge in [-0.1, -0.05) is 17.7 Å². The Bertz CT molecular complexity index is 466. The van der Waals surface area contributed by atoms with Gasteiger partial charge in [0.2, 0.25) is 5.91 Å². The quantitative estimate of drug-likeness (QED) is 0.882. The molecule has 0 spiro atoms. The molecule has 2 aliphatic rings. The molecule has 0 bridgehead atoms. The minimum absolute atomic E-state index is 0.215. The molecule has 0 radical (unpaired) electrons. The van der Waals surface area contributed by atoms with Crippen molar-refractivity contribution in [2.45, 2.75) is 38.6 Å². The fraction of sp³-hybridized carbons (Fsp3) is 0.533. The molecule has 3 heteroatoms. The van der Waals surface area contributed by atoms with Crippen LogP contribution in [0.4, 0.5) is 5.69 Å². The summed E-state index contributed by atoms with van der Waals surface area (Å²) in [6.07, 6.45) is 4.62. The number of hydrogen-bond acceptors (Lipinski definition) is 2. The van der Waals surface area contributed by atoms with Crippen LogP contribution in [0.25, 0.3) is 0 Å². The molecule has 1 amide bonds. The highest BCUT2D eigenvalue weighted by atomic mass is 16.2. The standard InChI is InChI=1S/C15H20N2O/c1-11-4-7-14-12(9-11)3-2-8-17(14)15(18)10-16-13-5-6-13/h4,7,9,13,16H,2-3,5-6,8,10H2,1H3. The Labute approximate surface area is 108 Å². The Morgan fingerprint density at radius 1 is 1.44 bits per heavy atom. The average molecular weight is 244 g/mol. The molecule has 1 heterocycles. The summed E-state index contributed by atoms with van der Waals surface area (Å²) in [5.41, 5.74) is 3.72. The summed E-state index contributed by atoms with van der Waals surface area (Å²) in [4.78, 5) is 14.2. The minimum Gasteiger partial charge on any atom is -0.311 e. The number of benzene rings is 1. The molecule has 1 saturated carbocycles. The van der Waals surface area contributed by atoms with Crippen molar-refractivity contribution in [2.24, 2.45) is 0 Å². The van der Waals surface area contributed by atoms with Crippen LogP contribution in [-0.4, -0.2) is 25.0 Å². The van der Waals surface area contributed by atoms with E-state index in [1.54, 1.807) is 0 Å². The molecule has 1 N–H and O–H groups in total. The summed E-state index contributed by atoms with van der Waals surface area (Å²) >= 11 is 0. The number of carbonyl (C=O) groups excluding carboxylic acids is 1. The second-order valence-corrected chi connectivity index (χ2v) is 5.44. The normalized spacial score (nSPS) is 18.6. The molecule has 0 saturated heterocycles. The number of hydrogen-bond donors (Lipinski definition) is 1. The van der Waals surface area contributed by atoms with Crippen molar-refractivity contribution in [3.8, 4) is 0 Å². The molecule has 3 rings (SSSR count). The molecule has 0 unspecified atom stereocenters. The topological polar surface area (TPSA) is 32.3 Å². The van der Waals surface area contributed by atoms with Crippen LogP contribution in [0.1, 0.15) is 30.4 Å². The van der Waals surface area contributed by atoms with Crippen LogP contribution in [0.15, 0.2) is 18.2 Å². The van der Waals surface area contributed by atoms with E-state index in [2.05, 4.69) is 30.4 Å². The van der Waals surface area contributed by atoms with Crippen LogP contribution in [-0.2, 0) is 11.2 Å². The predicted molar refractivity (Wildman–Crippen MR) is 72.9 cm³/mol. The number of fused-ring (bicyclic) bond motifs is 1. The summed E-state index contributed by atoms with van der Waals surface area (Å²) in [6.45, 7) is 3.45. The fourth-order valence-electron chi connectivity index (χ4n) is 2.60. The van der Waals surface area contributed by atoms with E-state index >= 15 is 0 Å². The Kier molecular flexibility index (Phi) is 3.08. The molecule has 1 aliphatic carbocycles. The van der Waals surface area contributed by atoms with Crippen molar-refractivity contribution in [2.75, 3.05) is 18.0 Å². The highest BCUT2D eigenvalue weighted by Gasteiger charge is 2.25. The first kappa shape index (κ1) is 11.7. The number of carbonyl (C=O) groups is 1. The van der Waals surface area contributed by atoms with Gasteiger partial charge in [-0.05, 0) is 44.2 Å². The maximum Gasteiger partial charge on any atom is 0.240 e. The summed E-state index contributed by atoms with van der Waals surface area (Å²) in [7, 11) is 0. The van der Waals surface area contributed by atoms with Gasteiger partial charge in [0, 0.05) is 18.3 Å². The zero-order valence-corrected chi connectivity index (χ0v) is 10.9. The first-order valence-corrected chi connectivity index (χ1v) is 6.87. The number of nitrogens with zero attached hydrogens (tertiary/aromatic N) is 1. The molecule has 18 heavy (non-hydrogen) atoms. The summed E-state index contributed by atoms with van der Waals surface area (Å²) in [5.74, 6) is 0.215. The van der Waals surface area contributed by atoms with E-state index in [4.69, 9.17) is 0 Å². The van der Waals surface area contributed by atoms with E-state index in [0.29, 0.717) is 12.6 Å². The lowest BCUT2D eigenvalue weighted by atomic mass is 9.99. The van der Waals surface area contributed by atoms with Crippen molar-refractivity contribution in [1.82, 2.24) is 5.32 Å². The highest BCUT2D eigenvalue weighted by Crippen LogP contribution is 2.28. The largest absolute Gasteiger partial charge is 0.311 e. The Morgan fingerprint density at radius 2 is 2.28 bits per heavy atom. The third-order valence-corrected chi connectivity index (χ3v) is 3.77. The van der Waals surface area contributed by atoms with E-state index in [1.807, 2.05) is 4.90 Å². The number of aryl methyl sites for hydroxylation is 2. The van der Waals surface area contributed by atoms with E-state index in [0.717, 1.165) is 25.1 Å². The fourth-order valence-corrected chi connectivity index (χ4v) is 2.60. The van der Waals surface area contributed by atoms with Gasteiger partial charge in [-0.2, -0.15) is 0 Å². The van der Waals surface area contributed by atoms with Crippen LogP contribution in [0.3, 0.4) is 0 Å². The van der Waals surface area contributed by atoms with Gasteiger partial charge >= 0.3 is 0 Å². The van der Waals surface area contributed by atoms with Crippen molar-refractivity contribution in [3.63, 3.8) is 0 Å². The monoisotopic (exact) mass is 244 g/mol. The van der Waals surface area contributed by atoms with Crippen LogP contribution in [0.2, 0.25) is 0 Å². The van der Waals surface area contributed by atoms with E-state index in [9.17, 15) is 4.79 Å². The van der Waals surface area contributed by atoms with E-state index < -0.39 is 0 Å². The summed E-state index contributed by atoms with van der Waals surface area (Å²) in [5, 5.41) is 3.30. The number of amides is 1. The number of anilines is 1. The van der Waals surface area contributed by atoms with Gasteiger partial charge in [-0.15, -0.1) is 0 Å². The molecule has 0 aromatic heterocycles. The Hall–Kier alpha value is -1.35. The molecule has 1 aliphatic heterocycles. The van der Waals surface area contributed by atoms with E-state index in [1.165, 1.54) is 24.0 Å². The third-order valence-electron chi connectivity index (χ3n) is 3.77. The van der Waals surface area contributed by atoms with Gasteiger partial charge in [0.1, 0.15) is 0 Å². The van der Waals surface area contributed by atoms with Gasteiger partial charge in [0.25, 0.3) is 0 Å². The van der Waals surface area contributed by atoms with Crippen LogP contribution in [0, 0.1) is 6.92 Å². The zero-order valence-electron chi connectivity index (χ0n) is 10.9. The Balaban J connectivity index is 1.75. The molecular formula is C15H20N2O. The van der Waals surface area contributed by atoms with Crippen molar-refractivity contribution < 1.29 is 4.79 Å². The lowest BCUT2D eigenvalue weighted by molar-refractivity contribution is -0.117. The molecule has 1 fully saturated rings. The maximum atomic E-state index is 12.2. The Morgan fingerprint density at radius 3 is 3.06 bits per heavy atom. The van der Waals surface area contributed by atoms with Crippen molar-refractivity contribution in [3.05, 3.63) is 29.3 Å². The zero-order chi connectivity index (χ0) is 12.5. The first-order chi connectivity index (χ1) is 8.74. The highest BCUT2D eigenvalue weighted by molar-refractivity contribution is 5.96. The van der Waals surface area contributed by atoms with Crippen molar-refractivity contribution >= 4 is 11.6 Å². The van der Waals surface area contributed by atoms with Gasteiger partial charge in [0.05, 0.1) is 6.54 Å². The molecular weight excluding hydrogens is 224 g/mol. The molecule has 1 aromatic carbocycles. The lowest BCUT2D eigenvalue weighted by Gasteiger charge is -2.30. The third kappa shape index (κ3) is 2.41. The molecule has 3 nitrogen and oxygen atoms in total. The molecule has 1 aromatic rings. The second kappa shape index (κ2) is 4.73. The second-order valence-electron chi connectivity index (χ2n) is 5.44. The van der Waals surface area contributed by atoms with E-state index in [-0.39, 0.29) is 5.91 Å². The van der Waals surface area contributed by atoms with Gasteiger partial charge in [0.15, 0.2) is 0 Å². The first-order valence-electron chi connectivity index (χ1n) is 6.87. The molecule has 96 valence electrons. The lowest BCUT2D eigenvalue weighted by Crippen LogP contribution is -2.41. The van der Waals surface area contributed by atoms with Crippen LogP contribution in [0.5, 0.6) is 0 Å². The smallest absolute Gasteiger partial charge is 0.240 e. The van der Waals surface area contributed by atoms with Gasteiger partial charge in [-0.3, -0.25) is 4.79 Å². The van der Waals surface area contributed by atoms with Crippen molar-refractivity contribution in [1.29, 1.82) is 0 Å². The predicted octanol–water partition coefficient (Wildman–Crippen LogP) is 2.03. The summed E-state index contributed by atoms with van der Waals surface area (Å²) < 4.78 is 0. The van der Waals surface area contributed by atoms with Gasteiger partial charge in [-0.25, -0.2) is 0 Å². The molecule has 0 atom stereocenters. The van der Waals surface area contributed by atoms with Crippen LogP contribution < -0.4 is 10.2 Å². The maximum absolute atomic E-state index is 12.2. The SMILES string of the molecule is Cc1ccc2c(c1)CCCN2C(=O)CNC1CC1. The van der Waals surface area contributed by atoms with Crippen LogP contribution >= 0.6 is 0 Å². The number of nitrogens with one attached hydrogen (secondary N) is 1. The number of rotatable bonds is 3. The summed E-state index contributed by atoms with van der Waals surface area (Å²) in [6, 6.07) is 7.00. The average Bonchev–Trinajstić information content (AvgIpc) is 3.19.